The Kier molecular flexibility index (Phi) is 2.02. The van der Waals surface area contributed by atoms with E-state index in [0.717, 1.165) is 25.1 Å². The Morgan fingerprint density at radius 3 is 3.12 bits per heavy atom. The minimum atomic E-state index is -0.205. The van der Waals surface area contributed by atoms with Gasteiger partial charge >= 0.3 is 5.69 Å². The van der Waals surface area contributed by atoms with E-state index >= 15 is 0 Å². The second-order valence-electron chi connectivity index (χ2n) is 3.90. The average Bonchev–Trinajstić information content (AvgIpc) is 2.75. The first-order valence-corrected chi connectivity index (χ1v) is 5.34. The van der Waals surface area contributed by atoms with Crippen LogP contribution in [0.25, 0.3) is 5.69 Å². The normalized spacial score (nSPS) is 14.2. The maximum absolute atomic E-state index is 11.4. The monoisotopic (exact) mass is 216 g/mol. The summed E-state index contributed by atoms with van der Waals surface area (Å²) in [6.45, 7) is 1.03. The Bertz CT molecular complexity index is 569. The molecule has 0 unspecified atom stereocenters. The standard InChI is InChI=1S/C11H12N4O/c16-11-14-13-7-15(11)9-3-4-10-8(6-9)2-1-5-12-10/h3-4,6-7,12H,1-2,5H2,(H,14,16). The molecule has 2 heterocycles. The van der Waals surface area contributed by atoms with E-state index < -0.39 is 0 Å². The van der Waals surface area contributed by atoms with Crippen LogP contribution in [0.4, 0.5) is 5.69 Å². The van der Waals surface area contributed by atoms with Gasteiger partial charge in [-0.05, 0) is 36.6 Å². The molecule has 16 heavy (non-hydrogen) atoms. The first kappa shape index (κ1) is 9.21. The highest BCUT2D eigenvalue weighted by atomic mass is 16.1. The third kappa shape index (κ3) is 1.41. The zero-order valence-electron chi connectivity index (χ0n) is 8.73. The number of nitrogens with zero attached hydrogens (tertiary/aromatic N) is 2. The summed E-state index contributed by atoms with van der Waals surface area (Å²) in [5.41, 5.74) is 3.09. The molecule has 1 aliphatic heterocycles. The third-order valence-electron chi connectivity index (χ3n) is 2.86. The SMILES string of the molecule is O=c1[nH]ncn1-c1ccc2c(c1)CCCN2. The highest BCUT2D eigenvalue weighted by molar-refractivity contribution is 5.57. The minimum Gasteiger partial charge on any atom is -0.385 e. The van der Waals surface area contributed by atoms with E-state index in [1.807, 2.05) is 18.2 Å². The van der Waals surface area contributed by atoms with Crippen molar-refractivity contribution >= 4 is 5.69 Å². The van der Waals surface area contributed by atoms with Crippen LogP contribution < -0.4 is 11.0 Å². The number of aryl methyl sites for hydroxylation is 1. The lowest BCUT2D eigenvalue weighted by atomic mass is 10.0. The van der Waals surface area contributed by atoms with Crippen LogP contribution in [0.15, 0.2) is 29.3 Å². The molecule has 0 radical (unpaired) electrons. The van der Waals surface area contributed by atoms with Crippen molar-refractivity contribution in [3.63, 3.8) is 0 Å². The average molecular weight is 216 g/mol. The van der Waals surface area contributed by atoms with E-state index in [1.54, 1.807) is 0 Å². The van der Waals surface area contributed by atoms with Crippen LogP contribution in [0.2, 0.25) is 0 Å². The Morgan fingerprint density at radius 2 is 2.31 bits per heavy atom. The molecule has 0 saturated carbocycles. The van der Waals surface area contributed by atoms with Gasteiger partial charge in [0.25, 0.3) is 0 Å². The lowest BCUT2D eigenvalue weighted by Gasteiger charge is -2.18. The van der Waals surface area contributed by atoms with Crippen LogP contribution >= 0.6 is 0 Å². The van der Waals surface area contributed by atoms with Gasteiger partial charge in [-0.2, -0.15) is 5.10 Å². The molecule has 2 N–H and O–H groups in total. The van der Waals surface area contributed by atoms with E-state index in [1.165, 1.54) is 22.1 Å². The number of anilines is 1. The second kappa shape index (κ2) is 3.52. The van der Waals surface area contributed by atoms with E-state index in [2.05, 4.69) is 15.5 Å². The number of hydrogen-bond acceptors (Lipinski definition) is 3. The molecule has 0 bridgehead atoms. The van der Waals surface area contributed by atoms with Crippen molar-refractivity contribution in [2.75, 3.05) is 11.9 Å². The Morgan fingerprint density at radius 1 is 1.38 bits per heavy atom. The third-order valence-corrected chi connectivity index (χ3v) is 2.86. The van der Waals surface area contributed by atoms with Crippen molar-refractivity contribution in [1.82, 2.24) is 14.8 Å². The molecule has 0 fully saturated rings. The Balaban J connectivity index is 2.10. The van der Waals surface area contributed by atoms with Gasteiger partial charge in [0.15, 0.2) is 0 Å². The van der Waals surface area contributed by atoms with Crippen LogP contribution in [0, 0.1) is 0 Å². The molecule has 1 aliphatic rings. The summed E-state index contributed by atoms with van der Waals surface area (Å²) < 4.78 is 1.51. The van der Waals surface area contributed by atoms with Gasteiger partial charge in [-0.15, -0.1) is 0 Å². The zero-order valence-corrected chi connectivity index (χ0v) is 8.73. The van der Waals surface area contributed by atoms with E-state index in [4.69, 9.17) is 0 Å². The number of rotatable bonds is 1. The number of fused-ring (bicyclic) bond motifs is 1. The zero-order chi connectivity index (χ0) is 11.0. The van der Waals surface area contributed by atoms with Gasteiger partial charge < -0.3 is 5.32 Å². The molecule has 0 aliphatic carbocycles. The fraction of sp³-hybridized carbons (Fsp3) is 0.273. The van der Waals surface area contributed by atoms with Crippen LogP contribution in [0.5, 0.6) is 0 Å². The molecule has 82 valence electrons. The lowest BCUT2D eigenvalue weighted by molar-refractivity contribution is 0.827. The molecule has 1 aromatic heterocycles. The first-order chi connectivity index (χ1) is 7.84. The van der Waals surface area contributed by atoms with Crippen molar-refractivity contribution in [2.45, 2.75) is 12.8 Å². The number of hydrogen-bond donors (Lipinski definition) is 2. The molecule has 1 aromatic carbocycles. The maximum atomic E-state index is 11.4. The second-order valence-corrected chi connectivity index (χ2v) is 3.90. The summed E-state index contributed by atoms with van der Waals surface area (Å²) in [6, 6.07) is 5.98. The minimum absolute atomic E-state index is 0.205. The van der Waals surface area contributed by atoms with Gasteiger partial charge in [-0.1, -0.05) is 0 Å². The maximum Gasteiger partial charge on any atom is 0.347 e. The highest BCUT2D eigenvalue weighted by Gasteiger charge is 2.10. The molecule has 5 heteroatoms. The summed E-state index contributed by atoms with van der Waals surface area (Å²) >= 11 is 0. The number of aromatic amines is 1. The molecule has 0 amide bonds. The summed E-state index contributed by atoms with van der Waals surface area (Å²) in [5.74, 6) is 0. The van der Waals surface area contributed by atoms with Gasteiger partial charge in [0.05, 0.1) is 5.69 Å². The van der Waals surface area contributed by atoms with Crippen molar-refractivity contribution in [1.29, 1.82) is 0 Å². The van der Waals surface area contributed by atoms with Crippen molar-refractivity contribution in [3.05, 3.63) is 40.6 Å². The van der Waals surface area contributed by atoms with E-state index in [-0.39, 0.29) is 5.69 Å². The first-order valence-electron chi connectivity index (χ1n) is 5.34. The quantitative estimate of drug-likeness (QED) is 0.745. The highest BCUT2D eigenvalue weighted by Crippen LogP contribution is 2.23. The Hall–Kier alpha value is -2.04. The smallest absolute Gasteiger partial charge is 0.347 e. The van der Waals surface area contributed by atoms with Crippen LogP contribution in [-0.2, 0) is 6.42 Å². The Labute approximate surface area is 92.1 Å². The largest absolute Gasteiger partial charge is 0.385 e. The predicted molar refractivity (Wildman–Crippen MR) is 61.0 cm³/mol. The fourth-order valence-electron chi connectivity index (χ4n) is 2.04. The van der Waals surface area contributed by atoms with E-state index in [0.29, 0.717) is 0 Å². The summed E-state index contributed by atoms with van der Waals surface area (Å²) in [7, 11) is 0. The molecule has 0 atom stereocenters. The molecule has 3 rings (SSSR count). The van der Waals surface area contributed by atoms with Gasteiger partial charge in [0.1, 0.15) is 6.33 Å². The van der Waals surface area contributed by atoms with Crippen molar-refractivity contribution in [2.24, 2.45) is 0 Å². The molecule has 2 aromatic rings. The van der Waals surface area contributed by atoms with Crippen LogP contribution in [0.3, 0.4) is 0 Å². The van der Waals surface area contributed by atoms with Gasteiger partial charge in [0.2, 0.25) is 0 Å². The summed E-state index contributed by atoms with van der Waals surface area (Å²) in [6.07, 6.45) is 3.69. The van der Waals surface area contributed by atoms with Gasteiger partial charge in [-0.25, -0.2) is 14.5 Å². The topological polar surface area (TPSA) is 62.7 Å². The number of nitrogens with one attached hydrogen (secondary N) is 2. The molecule has 0 saturated heterocycles. The summed E-state index contributed by atoms with van der Waals surface area (Å²) in [4.78, 5) is 11.4. The van der Waals surface area contributed by atoms with Crippen molar-refractivity contribution < 1.29 is 0 Å². The fourth-order valence-corrected chi connectivity index (χ4v) is 2.04. The van der Waals surface area contributed by atoms with E-state index in [9.17, 15) is 4.79 Å². The number of aromatic nitrogens is 3. The van der Waals surface area contributed by atoms with Gasteiger partial charge in [0, 0.05) is 12.2 Å². The van der Waals surface area contributed by atoms with Crippen LogP contribution in [-0.4, -0.2) is 21.3 Å². The number of benzene rings is 1. The molecular weight excluding hydrogens is 204 g/mol. The van der Waals surface area contributed by atoms with Gasteiger partial charge in [-0.3, -0.25) is 0 Å². The molecule has 5 nitrogen and oxygen atoms in total. The van der Waals surface area contributed by atoms with Crippen molar-refractivity contribution in [3.8, 4) is 5.69 Å². The summed E-state index contributed by atoms with van der Waals surface area (Å²) in [5, 5.41) is 9.45. The molecular formula is C11H12N4O. The number of H-pyrrole nitrogens is 1. The molecule has 0 spiro atoms. The predicted octanol–water partition coefficient (Wildman–Crippen LogP) is 0.919. The lowest BCUT2D eigenvalue weighted by Crippen LogP contribution is -2.16. The van der Waals surface area contributed by atoms with Crippen LogP contribution in [0.1, 0.15) is 12.0 Å².